The lowest BCUT2D eigenvalue weighted by atomic mass is 9.93. The van der Waals surface area contributed by atoms with Gasteiger partial charge in [-0.3, -0.25) is 0 Å². The second-order valence-corrected chi connectivity index (χ2v) is 37.3. The van der Waals surface area contributed by atoms with Crippen molar-refractivity contribution in [3.05, 3.63) is 97.1 Å². The summed E-state index contributed by atoms with van der Waals surface area (Å²) in [6, 6.07) is 34.4. The van der Waals surface area contributed by atoms with Gasteiger partial charge in [0.05, 0.1) is 92.5 Å². The molecule has 6 aromatic rings. The molecule has 7 rings (SSSR count). The molecule has 0 bridgehead atoms. The van der Waals surface area contributed by atoms with Crippen LogP contribution in [0.3, 0.4) is 0 Å². The molecule has 133 heavy (non-hydrogen) atoms. The lowest BCUT2D eigenvalue weighted by molar-refractivity contribution is 0.0268. The van der Waals surface area contributed by atoms with E-state index in [2.05, 4.69) is 152 Å². The summed E-state index contributed by atoms with van der Waals surface area (Å²) in [5.74, 6) is 8.35. The van der Waals surface area contributed by atoms with Crippen LogP contribution in [-0.2, 0) is 14.2 Å². The Hall–Kier alpha value is -7.20. The predicted molar refractivity (Wildman–Crippen MR) is 557 cm³/mol. The first-order chi connectivity index (χ1) is 65.9. The molecular formula is C118H188O15. The molecule has 0 fully saturated rings. The van der Waals surface area contributed by atoms with Crippen LogP contribution in [0.15, 0.2) is 97.1 Å². The summed E-state index contributed by atoms with van der Waals surface area (Å²) >= 11 is 0. The molecule has 15 heteroatoms. The van der Waals surface area contributed by atoms with Crippen LogP contribution in [0, 0.1) is 0 Å². The second kappa shape index (κ2) is 76.8. The normalized spacial score (nSPS) is 12.9. The molecular weight excluding hydrogens is 1660 g/mol. The largest absolute Gasteiger partial charge is 0.490 e. The Bertz CT molecular complexity index is 3580. The van der Waals surface area contributed by atoms with Crippen molar-refractivity contribution in [3.8, 4) is 114 Å². The summed E-state index contributed by atoms with van der Waals surface area (Å²) in [7, 11) is 0. The van der Waals surface area contributed by atoms with Gasteiger partial charge in [-0.25, -0.2) is 0 Å². The summed E-state index contributed by atoms with van der Waals surface area (Å²) in [4.78, 5) is 0. The van der Waals surface area contributed by atoms with Crippen LogP contribution in [-0.4, -0.2) is 119 Å². The van der Waals surface area contributed by atoms with Crippen molar-refractivity contribution >= 4 is 0 Å². The smallest absolute Gasteiger partial charge is 0.161 e. The van der Waals surface area contributed by atoms with E-state index in [1.165, 1.54) is 257 Å². The molecule has 1 aliphatic rings. The van der Waals surface area contributed by atoms with Crippen LogP contribution in [0.25, 0.3) is 44.5 Å². The predicted octanol–water partition coefficient (Wildman–Crippen LogP) is 34.7. The summed E-state index contributed by atoms with van der Waals surface area (Å²) in [5, 5.41) is 0. The summed E-state index contributed by atoms with van der Waals surface area (Å²) < 4.78 is 101. The molecule has 750 valence electrons. The van der Waals surface area contributed by atoms with Gasteiger partial charge in [-0.15, -0.1) is 0 Å². The van der Waals surface area contributed by atoms with Crippen LogP contribution in [0.2, 0.25) is 0 Å². The Morgan fingerprint density at radius 2 is 0.301 bits per heavy atom. The Labute approximate surface area is 810 Å². The van der Waals surface area contributed by atoms with Crippen molar-refractivity contribution in [2.24, 2.45) is 0 Å². The Kier molecular flexibility index (Phi) is 65.1. The van der Waals surface area contributed by atoms with E-state index in [4.69, 9.17) is 71.1 Å². The maximum absolute atomic E-state index is 6.97. The number of hydrogen-bond donors (Lipinski definition) is 0. The zero-order valence-corrected chi connectivity index (χ0v) is 85.7. The van der Waals surface area contributed by atoms with Gasteiger partial charge in [0.1, 0.15) is 26.4 Å². The molecule has 6 aromatic carbocycles. The van der Waals surface area contributed by atoms with Crippen LogP contribution in [0.4, 0.5) is 0 Å². The van der Waals surface area contributed by atoms with E-state index in [0.717, 1.165) is 193 Å². The Balaban J connectivity index is 1.27. The first kappa shape index (κ1) is 113. The fraction of sp³-hybridized carbons (Fsp3) is 0.695. The molecule has 0 atom stereocenters. The lowest BCUT2D eigenvalue weighted by Gasteiger charge is -2.21. The molecule has 0 radical (unpaired) electrons. The van der Waals surface area contributed by atoms with Gasteiger partial charge in [0.25, 0.3) is 0 Å². The van der Waals surface area contributed by atoms with Gasteiger partial charge in [-0.05, 0) is 169 Å². The van der Waals surface area contributed by atoms with E-state index in [-0.39, 0.29) is 39.6 Å². The summed E-state index contributed by atoms with van der Waals surface area (Å²) in [5.41, 5.74) is 7.61. The molecule has 0 unspecified atom stereocenters. The molecule has 0 spiro atoms. The maximum Gasteiger partial charge on any atom is 0.161 e. The van der Waals surface area contributed by atoms with Gasteiger partial charge < -0.3 is 71.1 Å². The van der Waals surface area contributed by atoms with Crippen molar-refractivity contribution in [2.45, 2.75) is 415 Å². The zero-order chi connectivity index (χ0) is 93.8. The molecule has 1 heterocycles. The van der Waals surface area contributed by atoms with Crippen LogP contribution >= 0.6 is 0 Å². The average Bonchev–Trinajstić information content (AvgIpc) is 0.782. The molecule has 0 saturated heterocycles. The third-order valence-corrected chi connectivity index (χ3v) is 25.5. The SMILES string of the molecule is CCCCCCCCCOc1ccc(-c2cc3c(cc2-c2ccc(OCCCCCCCCC)c(OCCCCCCCCC)c2)OCCOCCOc2cc(-c4ccc(OCCCCCCCCC)c(OCCCCCCCCC)c4)c(-c4ccc(OCCCCCCCCC)c(OCCCCCCCCC)c4)cc2OCCOCCOCCO3)cc1OCCCCCCCCC. The third kappa shape index (κ3) is 49.1. The first-order valence-corrected chi connectivity index (χ1v) is 55.1. The van der Waals surface area contributed by atoms with E-state index in [1.54, 1.807) is 0 Å². The fourth-order valence-corrected chi connectivity index (χ4v) is 17.4. The minimum Gasteiger partial charge on any atom is -0.490 e. The van der Waals surface area contributed by atoms with Gasteiger partial charge in [0.2, 0.25) is 0 Å². The highest BCUT2D eigenvalue weighted by molar-refractivity contribution is 5.89. The number of hydrogen-bond acceptors (Lipinski definition) is 15. The van der Waals surface area contributed by atoms with Crippen molar-refractivity contribution in [3.63, 3.8) is 0 Å². The van der Waals surface area contributed by atoms with Crippen LogP contribution in [0.1, 0.15) is 415 Å². The molecule has 1 aliphatic heterocycles. The van der Waals surface area contributed by atoms with Crippen molar-refractivity contribution < 1.29 is 71.1 Å². The van der Waals surface area contributed by atoms with E-state index in [1.807, 2.05) is 0 Å². The Morgan fingerprint density at radius 3 is 0.466 bits per heavy atom. The highest BCUT2D eigenvalue weighted by Gasteiger charge is 2.24. The van der Waals surface area contributed by atoms with Gasteiger partial charge in [0, 0.05) is 0 Å². The minimum atomic E-state index is 0.228. The first-order valence-electron chi connectivity index (χ1n) is 55.1. The van der Waals surface area contributed by atoms with Gasteiger partial charge in [-0.1, -0.05) is 388 Å². The standard InChI is InChI=1S/C118H188O15/c1-9-17-25-33-41-49-57-73-122-107-69-65-99(91-111(107)126-77-61-53-45-37-29-21-13-5)103-95-115-117(97-105(103)101-67-71-109(124-75-59-51-43-35-27-19-11-3)113(93-101)128-79-63-55-47-39-31-23-15-7)132-89-85-121-86-90-133-118-98-106(102-68-72-110(125-76-60-52-44-36-28-20-12-4)114(94-102)129-80-64-56-48-40-32-24-16-8)104(96-116(118)131-88-84-120-82-81-119-83-87-130-115)100-66-70-108(123-74-58-50-42-34-26-18-10-2)112(92-100)127-78-62-54-46-38-30-22-14-6/h65-72,91-98H,9-64,73-90H2,1-8H3. The highest BCUT2D eigenvalue weighted by Crippen LogP contribution is 2.48. The van der Waals surface area contributed by atoms with Gasteiger partial charge in [-0.2, -0.15) is 0 Å². The molecule has 15 nitrogen and oxygen atoms in total. The molecule has 0 saturated carbocycles. The quantitative estimate of drug-likeness (QED) is 0.0335. The van der Waals surface area contributed by atoms with Crippen LogP contribution < -0.4 is 56.8 Å². The number of fused-ring (bicyclic) bond motifs is 2. The summed E-state index contributed by atoms with van der Waals surface area (Å²) in [6.45, 7) is 26.0. The molecule has 0 amide bonds. The summed E-state index contributed by atoms with van der Waals surface area (Å²) in [6.07, 6.45) is 67.3. The van der Waals surface area contributed by atoms with E-state index in [0.29, 0.717) is 102 Å². The molecule has 0 aromatic heterocycles. The van der Waals surface area contributed by atoms with E-state index in [9.17, 15) is 0 Å². The fourth-order valence-electron chi connectivity index (χ4n) is 17.4. The van der Waals surface area contributed by atoms with Crippen molar-refractivity contribution in [2.75, 3.05) is 119 Å². The van der Waals surface area contributed by atoms with E-state index < -0.39 is 0 Å². The Morgan fingerprint density at radius 1 is 0.158 bits per heavy atom. The van der Waals surface area contributed by atoms with Gasteiger partial charge in [0.15, 0.2) is 69.0 Å². The second-order valence-electron chi connectivity index (χ2n) is 37.3. The average molecular weight is 1850 g/mol. The van der Waals surface area contributed by atoms with Crippen molar-refractivity contribution in [1.82, 2.24) is 0 Å². The highest BCUT2D eigenvalue weighted by atomic mass is 16.6. The number of ether oxygens (including phenoxy) is 15. The molecule has 0 N–H and O–H groups in total. The van der Waals surface area contributed by atoms with Crippen molar-refractivity contribution in [1.29, 1.82) is 0 Å². The lowest BCUT2D eigenvalue weighted by Crippen LogP contribution is -2.14. The third-order valence-electron chi connectivity index (χ3n) is 25.5. The van der Waals surface area contributed by atoms with Gasteiger partial charge >= 0.3 is 0 Å². The minimum absolute atomic E-state index is 0.228. The topological polar surface area (TPSA) is 138 Å². The number of rotatable bonds is 76. The zero-order valence-electron chi connectivity index (χ0n) is 85.7. The maximum atomic E-state index is 6.97. The number of unbranched alkanes of at least 4 members (excludes halogenated alkanes) is 48. The van der Waals surface area contributed by atoms with E-state index >= 15 is 0 Å². The number of benzene rings is 6. The molecule has 0 aliphatic carbocycles. The monoisotopic (exact) mass is 1850 g/mol. The van der Waals surface area contributed by atoms with Crippen LogP contribution in [0.5, 0.6) is 69.0 Å².